The van der Waals surface area contributed by atoms with Crippen molar-refractivity contribution < 1.29 is 5.11 Å². The smallest absolute Gasteiger partial charge is 0.128 e. The fraction of sp³-hybridized carbons (Fsp3) is 0.267. The summed E-state index contributed by atoms with van der Waals surface area (Å²) in [7, 11) is 2.00. The average molecular weight is 321 g/mol. The van der Waals surface area contributed by atoms with Gasteiger partial charge >= 0.3 is 0 Å². The second-order valence-electron chi connectivity index (χ2n) is 4.61. The molecule has 0 bridgehead atoms. The molecular weight excluding hydrogens is 304 g/mol. The predicted molar refractivity (Wildman–Crippen MR) is 81.1 cm³/mol. The maximum Gasteiger partial charge on any atom is 0.128 e. The molecule has 3 nitrogen and oxygen atoms in total. The zero-order chi connectivity index (χ0) is 13.8. The van der Waals surface area contributed by atoms with Crippen molar-refractivity contribution in [1.82, 2.24) is 4.98 Å². The number of hydrogen-bond acceptors (Lipinski definition) is 3. The molecule has 1 aromatic carbocycles. The number of aliphatic hydroxyl groups excluding tert-OH is 1. The number of rotatable bonds is 4. The fourth-order valence-corrected chi connectivity index (χ4v) is 2.34. The zero-order valence-corrected chi connectivity index (χ0v) is 12.6. The number of benzene rings is 1. The first-order chi connectivity index (χ1) is 9.06. The van der Waals surface area contributed by atoms with Crippen LogP contribution in [0.1, 0.15) is 24.2 Å². The molecule has 0 fully saturated rings. The molecule has 2 aromatic rings. The Morgan fingerprint density at radius 1 is 1.32 bits per heavy atom. The van der Waals surface area contributed by atoms with Gasteiger partial charge in [0.2, 0.25) is 0 Å². The number of anilines is 1. The van der Waals surface area contributed by atoms with Gasteiger partial charge in [0.25, 0.3) is 0 Å². The van der Waals surface area contributed by atoms with Crippen molar-refractivity contribution in [1.29, 1.82) is 0 Å². The molecule has 0 unspecified atom stereocenters. The van der Waals surface area contributed by atoms with Crippen molar-refractivity contribution in [3.8, 4) is 0 Å². The Bertz CT molecular complexity index is 557. The molecular formula is C15H17BrN2O. The third kappa shape index (κ3) is 3.78. The highest BCUT2D eigenvalue weighted by Crippen LogP contribution is 2.19. The first-order valence-electron chi connectivity index (χ1n) is 6.16. The van der Waals surface area contributed by atoms with Crippen LogP contribution in [-0.4, -0.2) is 17.1 Å². The van der Waals surface area contributed by atoms with Crippen LogP contribution in [0.5, 0.6) is 0 Å². The monoisotopic (exact) mass is 320 g/mol. The van der Waals surface area contributed by atoms with E-state index in [1.807, 2.05) is 31.3 Å². The molecule has 2 rings (SSSR count). The van der Waals surface area contributed by atoms with E-state index in [0.717, 1.165) is 22.4 Å². The van der Waals surface area contributed by atoms with E-state index in [4.69, 9.17) is 0 Å². The molecule has 0 aliphatic rings. The number of hydrogen-bond donors (Lipinski definition) is 1. The van der Waals surface area contributed by atoms with Gasteiger partial charge in [0.15, 0.2) is 0 Å². The van der Waals surface area contributed by atoms with Crippen molar-refractivity contribution in [2.24, 2.45) is 0 Å². The van der Waals surface area contributed by atoms with Crippen molar-refractivity contribution in [3.05, 3.63) is 58.2 Å². The second-order valence-corrected chi connectivity index (χ2v) is 5.53. The highest BCUT2D eigenvalue weighted by Gasteiger charge is 2.07. The van der Waals surface area contributed by atoms with Gasteiger partial charge < -0.3 is 10.0 Å². The topological polar surface area (TPSA) is 36.4 Å². The van der Waals surface area contributed by atoms with E-state index < -0.39 is 6.10 Å². The summed E-state index contributed by atoms with van der Waals surface area (Å²) >= 11 is 3.47. The first kappa shape index (κ1) is 14.0. The molecule has 4 heteroatoms. The maximum absolute atomic E-state index is 9.60. The molecule has 0 aliphatic heterocycles. The lowest BCUT2D eigenvalue weighted by molar-refractivity contribution is 0.199. The maximum atomic E-state index is 9.60. The van der Waals surface area contributed by atoms with Gasteiger partial charge in [-0.2, -0.15) is 0 Å². The number of pyridine rings is 1. The summed E-state index contributed by atoms with van der Waals surface area (Å²) in [6.45, 7) is 2.53. The molecule has 1 heterocycles. The minimum atomic E-state index is -0.471. The van der Waals surface area contributed by atoms with Crippen molar-refractivity contribution in [2.75, 3.05) is 11.9 Å². The summed E-state index contributed by atoms with van der Waals surface area (Å²) in [6, 6.07) is 12.0. The number of aliphatic hydroxyl groups is 1. The molecule has 100 valence electrons. The number of halogens is 1. The lowest BCUT2D eigenvalue weighted by Gasteiger charge is -2.19. The summed E-state index contributed by atoms with van der Waals surface area (Å²) in [6.07, 6.45) is 1.26. The van der Waals surface area contributed by atoms with Gasteiger partial charge in [0, 0.05) is 24.3 Å². The Kier molecular flexibility index (Phi) is 4.56. The minimum Gasteiger partial charge on any atom is -0.389 e. The van der Waals surface area contributed by atoms with E-state index in [1.54, 1.807) is 13.1 Å². The Morgan fingerprint density at radius 2 is 2.11 bits per heavy atom. The van der Waals surface area contributed by atoms with E-state index in [1.165, 1.54) is 5.56 Å². The van der Waals surface area contributed by atoms with Gasteiger partial charge in [-0.3, -0.25) is 0 Å². The van der Waals surface area contributed by atoms with E-state index in [2.05, 4.69) is 37.9 Å². The average Bonchev–Trinajstić information content (AvgIpc) is 2.39. The minimum absolute atomic E-state index is 0.471. The van der Waals surface area contributed by atoms with Gasteiger partial charge in [-0.25, -0.2) is 4.98 Å². The lowest BCUT2D eigenvalue weighted by atomic mass is 10.1. The van der Waals surface area contributed by atoms with Gasteiger partial charge in [-0.05, 0) is 42.3 Å². The highest BCUT2D eigenvalue weighted by atomic mass is 79.9. The van der Waals surface area contributed by atoms with Crippen molar-refractivity contribution in [2.45, 2.75) is 19.6 Å². The van der Waals surface area contributed by atoms with Gasteiger partial charge in [-0.15, -0.1) is 0 Å². The largest absolute Gasteiger partial charge is 0.389 e. The van der Waals surface area contributed by atoms with Crippen LogP contribution in [0, 0.1) is 0 Å². The van der Waals surface area contributed by atoms with E-state index in [9.17, 15) is 5.11 Å². The van der Waals surface area contributed by atoms with Crippen LogP contribution in [-0.2, 0) is 6.54 Å². The summed E-state index contributed by atoms with van der Waals surface area (Å²) in [4.78, 5) is 6.41. The quantitative estimate of drug-likeness (QED) is 0.936. The lowest BCUT2D eigenvalue weighted by Crippen LogP contribution is -2.17. The summed E-state index contributed by atoms with van der Waals surface area (Å²) < 4.78 is 1.07. The molecule has 1 aromatic heterocycles. The predicted octanol–water partition coefficient (Wildman–Crippen LogP) is 3.53. The van der Waals surface area contributed by atoms with Crippen LogP contribution < -0.4 is 4.90 Å². The Morgan fingerprint density at radius 3 is 2.79 bits per heavy atom. The molecule has 1 atom stereocenters. The first-order valence-corrected chi connectivity index (χ1v) is 6.95. The fourth-order valence-electron chi connectivity index (χ4n) is 1.89. The second kappa shape index (κ2) is 6.17. The van der Waals surface area contributed by atoms with Gasteiger partial charge in [-0.1, -0.05) is 28.1 Å². The van der Waals surface area contributed by atoms with Crippen LogP contribution in [0.4, 0.5) is 5.82 Å². The van der Waals surface area contributed by atoms with Gasteiger partial charge in [0.1, 0.15) is 5.82 Å². The third-order valence-corrected chi connectivity index (χ3v) is 3.45. The van der Waals surface area contributed by atoms with Gasteiger partial charge in [0.05, 0.1) is 6.10 Å². The summed E-state index contributed by atoms with van der Waals surface area (Å²) in [5, 5.41) is 9.60. The number of aromatic nitrogens is 1. The third-order valence-electron chi connectivity index (χ3n) is 2.95. The van der Waals surface area contributed by atoms with E-state index >= 15 is 0 Å². The van der Waals surface area contributed by atoms with Crippen LogP contribution in [0.3, 0.4) is 0 Å². The summed E-state index contributed by atoms with van der Waals surface area (Å²) in [5.74, 6) is 0.860. The van der Waals surface area contributed by atoms with E-state index in [0.29, 0.717) is 0 Å². The molecule has 0 spiro atoms. The van der Waals surface area contributed by atoms with Crippen LogP contribution >= 0.6 is 15.9 Å². The SMILES string of the molecule is C[C@H](O)c1ccnc(N(C)Cc2cccc(Br)c2)c1. The number of nitrogens with zero attached hydrogens (tertiary/aromatic N) is 2. The molecule has 0 amide bonds. The molecule has 0 saturated carbocycles. The van der Waals surface area contributed by atoms with Crippen LogP contribution in [0.15, 0.2) is 47.1 Å². The molecule has 19 heavy (non-hydrogen) atoms. The Balaban J connectivity index is 2.15. The standard InChI is InChI=1S/C15H17BrN2O/c1-11(19)13-6-7-17-15(9-13)18(2)10-12-4-3-5-14(16)8-12/h3-9,11,19H,10H2,1-2H3/t11-/m0/s1. The Hall–Kier alpha value is -1.39. The van der Waals surface area contributed by atoms with Crippen LogP contribution in [0.25, 0.3) is 0 Å². The summed E-state index contributed by atoms with van der Waals surface area (Å²) in [5.41, 5.74) is 2.09. The molecule has 0 saturated heterocycles. The molecule has 0 radical (unpaired) electrons. The molecule has 1 N–H and O–H groups in total. The highest BCUT2D eigenvalue weighted by molar-refractivity contribution is 9.10. The zero-order valence-electron chi connectivity index (χ0n) is 11.0. The Labute approximate surface area is 122 Å². The normalized spacial score (nSPS) is 12.2. The molecule has 0 aliphatic carbocycles. The van der Waals surface area contributed by atoms with Crippen molar-refractivity contribution >= 4 is 21.7 Å². The van der Waals surface area contributed by atoms with Crippen LogP contribution in [0.2, 0.25) is 0 Å². The van der Waals surface area contributed by atoms with E-state index in [-0.39, 0.29) is 0 Å². The van der Waals surface area contributed by atoms with Crippen molar-refractivity contribution in [3.63, 3.8) is 0 Å².